The third-order valence-electron chi connectivity index (χ3n) is 2.75. The minimum absolute atomic E-state index is 0.0745. The molecule has 4 heteroatoms. The zero-order chi connectivity index (χ0) is 12.8. The van der Waals surface area contributed by atoms with Crippen molar-refractivity contribution in [2.75, 3.05) is 0 Å². The SMILES string of the molecule is C=C(CC)CC(Cc1ccc(F)cc1Cl)NN. The van der Waals surface area contributed by atoms with Crippen LogP contribution in [0.4, 0.5) is 4.39 Å². The Kier molecular flexibility index (Phi) is 5.62. The molecule has 3 N–H and O–H groups in total. The number of hydrazine groups is 1. The van der Waals surface area contributed by atoms with E-state index in [1.807, 2.05) is 0 Å². The molecule has 0 bridgehead atoms. The van der Waals surface area contributed by atoms with Gasteiger partial charge in [-0.3, -0.25) is 11.3 Å². The smallest absolute Gasteiger partial charge is 0.124 e. The van der Waals surface area contributed by atoms with Gasteiger partial charge in [0, 0.05) is 11.1 Å². The lowest BCUT2D eigenvalue weighted by atomic mass is 9.99. The molecule has 94 valence electrons. The van der Waals surface area contributed by atoms with Crippen LogP contribution in [0.15, 0.2) is 30.4 Å². The van der Waals surface area contributed by atoms with Crippen molar-refractivity contribution in [2.24, 2.45) is 5.84 Å². The molecule has 0 radical (unpaired) electrons. The Bertz CT molecular complexity index is 393. The summed E-state index contributed by atoms with van der Waals surface area (Å²) in [5.74, 6) is 5.17. The lowest BCUT2D eigenvalue weighted by Crippen LogP contribution is -2.37. The highest BCUT2D eigenvalue weighted by atomic mass is 35.5. The first-order valence-corrected chi connectivity index (χ1v) is 6.01. The van der Waals surface area contributed by atoms with E-state index in [4.69, 9.17) is 17.4 Å². The van der Waals surface area contributed by atoms with Crippen molar-refractivity contribution in [1.29, 1.82) is 0 Å². The molecule has 0 aliphatic carbocycles. The molecular weight excluding hydrogens is 239 g/mol. The van der Waals surface area contributed by atoms with Gasteiger partial charge in [-0.15, -0.1) is 0 Å². The molecule has 0 fully saturated rings. The summed E-state index contributed by atoms with van der Waals surface area (Å²) in [6, 6.07) is 4.49. The van der Waals surface area contributed by atoms with E-state index in [1.54, 1.807) is 6.07 Å². The first kappa shape index (κ1) is 14.2. The van der Waals surface area contributed by atoms with Gasteiger partial charge in [0.25, 0.3) is 0 Å². The predicted octanol–water partition coefficient (Wildman–Crippen LogP) is 3.21. The number of benzene rings is 1. The normalized spacial score (nSPS) is 12.5. The van der Waals surface area contributed by atoms with Gasteiger partial charge < -0.3 is 0 Å². The average molecular weight is 257 g/mol. The van der Waals surface area contributed by atoms with Crippen LogP contribution in [0.25, 0.3) is 0 Å². The molecule has 1 atom stereocenters. The molecule has 1 rings (SSSR count). The van der Waals surface area contributed by atoms with Gasteiger partial charge in [0.1, 0.15) is 5.82 Å². The summed E-state index contributed by atoms with van der Waals surface area (Å²) in [6.45, 7) is 6.01. The molecule has 0 aliphatic heterocycles. The van der Waals surface area contributed by atoms with Crippen LogP contribution in [0.1, 0.15) is 25.3 Å². The van der Waals surface area contributed by atoms with E-state index in [1.165, 1.54) is 12.1 Å². The summed E-state index contributed by atoms with van der Waals surface area (Å²) in [7, 11) is 0. The summed E-state index contributed by atoms with van der Waals surface area (Å²) in [4.78, 5) is 0. The zero-order valence-corrected chi connectivity index (χ0v) is 10.7. The topological polar surface area (TPSA) is 38.0 Å². The van der Waals surface area contributed by atoms with Crippen LogP contribution >= 0.6 is 11.6 Å². The number of hydrogen-bond donors (Lipinski definition) is 2. The Hall–Kier alpha value is -0.900. The highest BCUT2D eigenvalue weighted by Crippen LogP contribution is 2.20. The van der Waals surface area contributed by atoms with Crippen LogP contribution in [0.5, 0.6) is 0 Å². The zero-order valence-electron chi connectivity index (χ0n) is 9.97. The second-order valence-corrected chi connectivity index (χ2v) is 4.52. The van der Waals surface area contributed by atoms with Gasteiger partial charge in [0.05, 0.1) is 0 Å². The summed E-state index contributed by atoms with van der Waals surface area (Å²) < 4.78 is 12.9. The molecule has 0 saturated heterocycles. The standard InChI is InChI=1S/C13H18ClFN2/c1-3-9(2)6-12(17-16)7-10-4-5-11(15)8-13(10)14/h4-5,8,12,17H,2-3,6-7,16H2,1H3. The molecule has 2 nitrogen and oxygen atoms in total. The van der Waals surface area contributed by atoms with E-state index in [9.17, 15) is 4.39 Å². The molecule has 0 spiro atoms. The van der Waals surface area contributed by atoms with Crippen LogP contribution < -0.4 is 11.3 Å². The highest BCUT2D eigenvalue weighted by molar-refractivity contribution is 6.31. The van der Waals surface area contributed by atoms with Crippen molar-refractivity contribution < 1.29 is 4.39 Å². The second-order valence-electron chi connectivity index (χ2n) is 4.11. The van der Waals surface area contributed by atoms with Crippen molar-refractivity contribution in [3.8, 4) is 0 Å². The van der Waals surface area contributed by atoms with Crippen molar-refractivity contribution >= 4 is 11.6 Å². The largest absolute Gasteiger partial charge is 0.271 e. The second kappa shape index (κ2) is 6.74. The van der Waals surface area contributed by atoms with Gasteiger partial charge in [-0.2, -0.15) is 0 Å². The predicted molar refractivity (Wildman–Crippen MR) is 70.3 cm³/mol. The molecule has 1 aromatic rings. The fourth-order valence-electron chi connectivity index (χ4n) is 1.64. The number of halogens is 2. The average Bonchev–Trinajstić information content (AvgIpc) is 2.31. The molecule has 0 aromatic heterocycles. The van der Waals surface area contributed by atoms with Gasteiger partial charge in [-0.05, 0) is 37.0 Å². The van der Waals surface area contributed by atoms with Crippen LogP contribution in [-0.4, -0.2) is 6.04 Å². The lowest BCUT2D eigenvalue weighted by molar-refractivity contribution is 0.516. The van der Waals surface area contributed by atoms with Gasteiger partial charge in [0.2, 0.25) is 0 Å². The van der Waals surface area contributed by atoms with Gasteiger partial charge in [0.15, 0.2) is 0 Å². The molecule has 0 amide bonds. The van der Waals surface area contributed by atoms with Gasteiger partial charge in [-0.1, -0.05) is 36.7 Å². The minimum Gasteiger partial charge on any atom is -0.271 e. The quantitative estimate of drug-likeness (QED) is 0.466. The Balaban J connectivity index is 2.70. The minimum atomic E-state index is -0.325. The fraction of sp³-hybridized carbons (Fsp3) is 0.385. The van der Waals surface area contributed by atoms with Crippen molar-refractivity contribution in [3.63, 3.8) is 0 Å². The Morgan fingerprint density at radius 2 is 2.29 bits per heavy atom. The van der Waals surface area contributed by atoms with Crippen LogP contribution in [0.2, 0.25) is 5.02 Å². The highest BCUT2D eigenvalue weighted by Gasteiger charge is 2.11. The lowest BCUT2D eigenvalue weighted by Gasteiger charge is -2.17. The molecule has 0 saturated carbocycles. The van der Waals surface area contributed by atoms with E-state index < -0.39 is 0 Å². The van der Waals surface area contributed by atoms with Crippen molar-refractivity contribution in [2.45, 2.75) is 32.2 Å². The van der Waals surface area contributed by atoms with Crippen LogP contribution in [0.3, 0.4) is 0 Å². The number of rotatable bonds is 6. The monoisotopic (exact) mass is 256 g/mol. The van der Waals surface area contributed by atoms with E-state index in [-0.39, 0.29) is 11.9 Å². The molecule has 0 heterocycles. The van der Waals surface area contributed by atoms with Crippen molar-refractivity contribution in [3.05, 3.63) is 46.8 Å². The Morgan fingerprint density at radius 1 is 1.59 bits per heavy atom. The Labute approximate surface area is 107 Å². The maximum Gasteiger partial charge on any atom is 0.124 e. The van der Waals surface area contributed by atoms with E-state index in [0.29, 0.717) is 11.4 Å². The molecular formula is C13H18ClFN2. The summed E-state index contributed by atoms with van der Waals surface area (Å²) in [6.07, 6.45) is 2.38. The first-order valence-electron chi connectivity index (χ1n) is 5.63. The third kappa shape index (κ3) is 4.46. The maximum absolute atomic E-state index is 12.9. The van der Waals surface area contributed by atoms with E-state index in [2.05, 4.69) is 18.9 Å². The fourth-order valence-corrected chi connectivity index (χ4v) is 1.88. The summed E-state index contributed by atoms with van der Waals surface area (Å²) >= 11 is 5.97. The van der Waals surface area contributed by atoms with Crippen molar-refractivity contribution in [1.82, 2.24) is 5.43 Å². The van der Waals surface area contributed by atoms with Crippen LogP contribution in [-0.2, 0) is 6.42 Å². The van der Waals surface area contributed by atoms with Crippen LogP contribution in [0, 0.1) is 5.82 Å². The van der Waals surface area contributed by atoms with Gasteiger partial charge >= 0.3 is 0 Å². The molecule has 1 unspecified atom stereocenters. The number of hydrogen-bond acceptors (Lipinski definition) is 2. The maximum atomic E-state index is 12.9. The molecule has 17 heavy (non-hydrogen) atoms. The van der Waals surface area contributed by atoms with E-state index in [0.717, 1.165) is 24.0 Å². The first-order chi connectivity index (χ1) is 8.06. The molecule has 1 aromatic carbocycles. The Morgan fingerprint density at radius 3 is 2.82 bits per heavy atom. The third-order valence-corrected chi connectivity index (χ3v) is 3.10. The molecule has 0 aliphatic rings. The number of nitrogens with two attached hydrogens (primary N) is 1. The van der Waals surface area contributed by atoms with E-state index >= 15 is 0 Å². The van der Waals surface area contributed by atoms with Gasteiger partial charge in [-0.25, -0.2) is 4.39 Å². The summed E-state index contributed by atoms with van der Waals surface area (Å²) in [5, 5.41) is 0.437. The number of nitrogens with one attached hydrogen (secondary N) is 1. The summed E-state index contributed by atoms with van der Waals surface area (Å²) in [5.41, 5.74) is 4.76.